The van der Waals surface area contributed by atoms with Crippen LogP contribution in [0, 0.1) is 17.7 Å². The molecule has 0 bridgehead atoms. The fourth-order valence-corrected chi connectivity index (χ4v) is 4.56. The third kappa shape index (κ3) is 8.11. The first kappa shape index (κ1) is 28.8. The van der Waals surface area contributed by atoms with E-state index in [2.05, 4.69) is 27.9 Å². The maximum Gasteiger partial charge on any atom is 0.254 e. The minimum atomic E-state index is -3.52. The Bertz CT molecular complexity index is 1160. The van der Waals surface area contributed by atoms with Crippen LogP contribution in [-0.4, -0.2) is 62.8 Å². The van der Waals surface area contributed by atoms with Crippen molar-refractivity contribution in [3.05, 3.63) is 53.3 Å². The summed E-state index contributed by atoms with van der Waals surface area (Å²) in [5.74, 6) is -1.06. The van der Waals surface area contributed by atoms with E-state index in [0.29, 0.717) is 24.8 Å². The lowest BCUT2D eigenvalue weighted by Crippen LogP contribution is -2.51. The van der Waals surface area contributed by atoms with E-state index in [4.69, 9.17) is 10.5 Å². The molecule has 204 valence electrons. The van der Waals surface area contributed by atoms with Gasteiger partial charge in [-0.3, -0.25) is 4.79 Å². The largest absolute Gasteiger partial charge is 0.383 e. The van der Waals surface area contributed by atoms with Crippen molar-refractivity contribution in [3.8, 4) is 0 Å². The van der Waals surface area contributed by atoms with Crippen molar-refractivity contribution in [3.63, 3.8) is 0 Å². The molecule has 1 amide bonds. The lowest BCUT2D eigenvalue weighted by molar-refractivity contribution is 0.0909. The molecule has 1 aliphatic carbocycles. The fourth-order valence-electron chi connectivity index (χ4n) is 3.89. The second-order valence-electron chi connectivity index (χ2n) is 9.99. The van der Waals surface area contributed by atoms with Crippen LogP contribution in [0.5, 0.6) is 0 Å². The van der Waals surface area contributed by atoms with E-state index in [0.717, 1.165) is 12.0 Å². The molecule has 2 aromatic rings. The molecule has 0 aliphatic heterocycles. The zero-order chi connectivity index (χ0) is 27.2. The average molecular weight is 536 g/mol. The van der Waals surface area contributed by atoms with Crippen molar-refractivity contribution in [2.45, 2.75) is 50.9 Å². The summed E-state index contributed by atoms with van der Waals surface area (Å²) in [5, 5.41) is 7.95. The maximum atomic E-state index is 15.5. The minimum absolute atomic E-state index is 0.197. The molecule has 0 saturated heterocycles. The van der Waals surface area contributed by atoms with E-state index in [-0.39, 0.29) is 23.8 Å². The SMILES string of the molecule is COC[C@H](N)[C@H](Cc1ccccc1)NC(=O)c1cc(NC[C@H]2C[C@@H]2C)nc(NCS(=O)(=O)C(C)C)c1F. The number of rotatable bonds is 14. The lowest BCUT2D eigenvalue weighted by Gasteiger charge is -2.25. The highest BCUT2D eigenvalue weighted by Gasteiger charge is 2.32. The van der Waals surface area contributed by atoms with E-state index < -0.39 is 44.8 Å². The summed E-state index contributed by atoms with van der Waals surface area (Å²) in [5.41, 5.74) is 6.99. The number of anilines is 2. The van der Waals surface area contributed by atoms with Crippen molar-refractivity contribution in [2.75, 3.05) is 36.8 Å². The molecular formula is C26H38FN5O4S. The molecule has 1 aromatic heterocycles. The van der Waals surface area contributed by atoms with Crippen LogP contribution >= 0.6 is 0 Å². The van der Waals surface area contributed by atoms with Crippen LogP contribution in [0.1, 0.15) is 43.1 Å². The Morgan fingerprint density at radius 1 is 1.24 bits per heavy atom. The number of pyridine rings is 1. The number of carbonyl (C=O) groups excluding carboxylic acids is 1. The molecule has 1 fully saturated rings. The van der Waals surface area contributed by atoms with Gasteiger partial charge in [-0.05, 0) is 50.2 Å². The highest BCUT2D eigenvalue weighted by atomic mass is 32.2. The number of ether oxygens (including phenoxy) is 1. The zero-order valence-corrected chi connectivity index (χ0v) is 22.6. The first-order chi connectivity index (χ1) is 17.5. The number of amides is 1. The van der Waals surface area contributed by atoms with Gasteiger partial charge in [-0.15, -0.1) is 0 Å². The van der Waals surface area contributed by atoms with Crippen LogP contribution in [-0.2, 0) is 21.0 Å². The molecule has 1 saturated carbocycles. The van der Waals surface area contributed by atoms with Crippen molar-refractivity contribution in [2.24, 2.45) is 17.6 Å². The van der Waals surface area contributed by atoms with E-state index in [1.807, 2.05) is 30.3 Å². The molecule has 1 aliphatic rings. The van der Waals surface area contributed by atoms with E-state index >= 15 is 4.39 Å². The van der Waals surface area contributed by atoms with Crippen LogP contribution in [0.25, 0.3) is 0 Å². The molecule has 11 heteroatoms. The van der Waals surface area contributed by atoms with Crippen LogP contribution in [0.4, 0.5) is 16.0 Å². The van der Waals surface area contributed by atoms with Gasteiger partial charge in [-0.1, -0.05) is 37.3 Å². The summed E-state index contributed by atoms with van der Waals surface area (Å²) in [7, 11) is -2.00. The van der Waals surface area contributed by atoms with Crippen molar-refractivity contribution in [1.29, 1.82) is 0 Å². The van der Waals surface area contributed by atoms with Gasteiger partial charge in [0.25, 0.3) is 5.91 Å². The van der Waals surface area contributed by atoms with Gasteiger partial charge in [-0.25, -0.2) is 17.8 Å². The molecule has 0 radical (unpaired) electrons. The molecule has 0 spiro atoms. The highest BCUT2D eigenvalue weighted by Crippen LogP contribution is 2.37. The number of nitrogens with two attached hydrogens (primary N) is 1. The van der Waals surface area contributed by atoms with Gasteiger partial charge in [0.2, 0.25) is 0 Å². The maximum absolute atomic E-state index is 15.5. The third-order valence-corrected chi connectivity index (χ3v) is 8.66. The Kier molecular flexibility index (Phi) is 9.86. The van der Waals surface area contributed by atoms with Gasteiger partial charge in [0.15, 0.2) is 21.5 Å². The molecule has 9 nitrogen and oxygen atoms in total. The molecule has 1 heterocycles. The van der Waals surface area contributed by atoms with E-state index in [1.54, 1.807) is 13.8 Å². The lowest BCUT2D eigenvalue weighted by atomic mass is 9.99. The number of methoxy groups -OCH3 is 1. The fraction of sp³-hybridized carbons (Fsp3) is 0.538. The quantitative estimate of drug-likeness (QED) is 0.290. The Labute approximate surface area is 218 Å². The molecule has 37 heavy (non-hydrogen) atoms. The Morgan fingerprint density at radius 3 is 2.51 bits per heavy atom. The molecule has 4 atom stereocenters. The predicted molar refractivity (Wildman–Crippen MR) is 144 cm³/mol. The van der Waals surface area contributed by atoms with Crippen molar-refractivity contribution < 1.29 is 22.3 Å². The molecule has 5 N–H and O–H groups in total. The standard InChI is InChI=1S/C26H38FN5O4S/c1-16(2)37(34,35)15-30-25-24(27)20(12-23(32-25)29-13-19-10-17(19)3)26(33)31-22(21(28)14-36-4)11-18-8-6-5-7-9-18/h5-9,12,16-17,19,21-22H,10-11,13-15,28H2,1-4H3,(H,31,33)(H2,29,30,32)/t17-,19+,21-,22-/m0/s1. The summed E-state index contributed by atoms with van der Waals surface area (Å²) < 4.78 is 45.3. The summed E-state index contributed by atoms with van der Waals surface area (Å²) in [4.78, 5) is 17.6. The van der Waals surface area contributed by atoms with Crippen LogP contribution in [0.2, 0.25) is 0 Å². The molecule has 3 rings (SSSR count). The summed E-state index contributed by atoms with van der Waals surface area (Å²) in [6, 6.07) is 9.78. The van der Waals surface area contributed by atoms with Crippen molar-refractivity contribution in [1.82, 2.24) is 10.3 Å². The third-order valence-electron chi connectivity index (χ3n) is 6.67. The Morgan fingerprint density at radius 2 is 1.92 bits per heavy atom. The minimum Gasteiger partial charge on any atom is -0.383 e. The second-order valence-corrected chi connectivity index (χ2v) is 12.6. The van der Waals surface area contributed by atoms with E-state index in [1.165, 1.54) is 13.2 Å². The van der Waals surface area contributed by atoms with Crippen LogP contribution < -0.4 is 21.7 Å². The van der Waals surface area contributed by atoms with Crippen LogP contribution in [0.3, 0.4) is 0 Å². The van der Waals surface area contributed by atoms with E-state index in [9.17, 15) is 13.2 Å². The van der Waals surface area contributed by atoms with Gasteiger partial charge >= 0.3 is 0 Å². The number of nitrogens with one attached hydrogen (secondary N) is 3. The van der Waals surface area contributed by atoms with Gasteiger partial charge in [0, 0.05) is 19.7 Å². The number of nitrogens with zero attached hydrogens (tertiary/aromatic N) is 1. The molecule has 0 unspecified atom stereocenters. The number of carbonyl (C=O) groups is 1. The highest BCUT2D eigenvalue weighted by molar-refractivity contribution is 7.92. The monoisotopic (exact) mass is 535 g/mol. The number of halogens is 1. The van der Waals surface area contributed by atoms with Gasteiger partial charge in [-0.2, -0.15) is 0 Å². The topological polar surface area (TPSA) is 135 Å². The second kappa shape index (κ2) is 12.7. The van der Waals surface area contributed by atoms with Crippen molar-refractivity contribution >= 4 is 27.4 Å². The van der Waals surface area contributed by atoms with Crippen LogP contribution in [0.15, 0.2) is 36.4 Å². The van der Waals surface area contributed by atoms with Gasteiger partial charge in [0.1, 0.15) is 11.7 Å². The first-order valence-electron chi connectivity index (χ1n) is 12.5. The summed E-state index contributed by atoms with van der Waals surface area (Å²) >= 11 is 0. The number of hydrogen-bond acceptors (Lipinski definition) is 8. The predicted octanol–water partition coefficient (Wildman–Crippen LogP) is 2.80. The smallest absolute Gasteiger partial charge is 0.254 e. The number of sulfone groups is 1. The number of hydrogen-bond donors (Lipinski definition) is 4. The zero-order valence-electron chi connectivity index (χ0n) is 21.8. The summed E-state index contributed by atoms with van der Waals surface area (Å²) in [6.07, 6.45) is 1.50. The summed E-state index contributed by atoms with van der Waals surface area (Å²) in [6.45, 7) is 6.06. The Hall–Kier alpha value is -2.76. The molecular weight excluding hydrogens is 497 g/mol. The number of aromatic nitrogens is 1. The average Bonchev–Trinajstić information content (AvgIpc) is 3.57. The van der Waals surface area contributed by atoms with Gasteiger partial charge in [0.05, 0.1) is 23.5 Å². The molecule has 1 aromatic carbocycles. The normalized spacial score (nSPS) is 18.8. The first-order valence-corrected chi connectivity index (χ1v) is 14.2. The number of benzene rings is 1. The Balaban J connectivity index is 1.87. The van der Waals surface area contributed by atoms with Gasteiger partial charge < -0.3 is 26.4 Å².